The Morgan fingerprint density at radius 3 is 2.96 bits per heavy atom. The molecule has 7 heteroatoms. The summed E-state index contributed by atoms with van der Waals surface area (Å²) in [6, 6.07) is 4.70. The molecule has 1 N–H and O–H groups in total. The smallest absolute Gasteiger partial charge is 0.227 e. The maximum Gasteiger partial charge on any atom is 0.227 e. The van der Waals surface area contributed by atoms with Crippen molar-refractivity contribution in [2.45, 2.75) is 38.6 Å². The summed E-state index contributed by atoms with van der Waals surface area (Å²) in [6.07, 6.45) is 4.72. The monoisotopic (exact) mass is 370 g/mol. The summed E-state index contributed by atoms with van der Waals surface area (Å²) in [5.41, 5.74) is 3.25. The van der Waals surface area contributed by atoms with Crippen molar-refractivity contribution in [2.75, 3.05) is 11.4 Å². The van der Waals surface area contributed by atoms with Gasteiger partial charge in [0.1, 0.15) is 5.82 Å². The summed E-state index contributed by atoms with van der Waals surface area (Å²) in [7, 11) is 1.91. The number of carbonyl (C=O) groups excluding carboxylic acids is 2. The molecule has 142 valence electrons. The fraction of sp³-hybridized carbons (Fsp3) is 0.450. The van der Waals surface area contributed by atoms with Crippen LogP contribution in [0.1, 0.15) is 42.1 Å². The Morgan fingerprint density at radius 2 is 2.19 bits per heavy atom. The van der Waals surface area contributed by atoms with Crippen LogP contribution in [0.5, 0.6) is 0 Å². The van der Waals surface area contributed by atoms with Gasteiger partial charge in [-0.25, -0.2) is 4.39 Å². The fourth-order valence-electron chi connectivity index (χ4n) is 4.09. The van der Waals surface area contributed by atoms with Gasteiger partial charge in [-0.15, -0.1) is 0 Å². The first kappa shape index (κ1) is 17.7. The summed E-state index contributed by atoms with van der Waals surface area (Å²) in [4.78, 5) is 26.6. The first-order chi connectivity index (χ1) is 12.9. The van der Waals surface area contributed by atoms with E-state index in [1.165, 1.54) is 11.0 Å². The number of aryl methyl sites for hydroxylation is 2. The van der Waals surface area contributed by atoms with Gasteiger partial charge >= 0.3 is 0 Å². The van der Waals surface area contributed by atoms with Crippen molar-refractivity contribution in [3.05, 3.63) is 47.0 Å². The molecule has 2 heterocycles. The Balaban J connectivity index is 1.47. The molecule has 1 aromatic heterocycles. The lowest BCUT2D eigenvalue weighted by atomic mass is 9.92. The zero-order chi connectivity index (χ0) is 19.1. The van der Waals surface area contributed by atoms with Crippen molar-refractivity contribution >= 4 is 17.5 Å². The Morgan fingerprint density at radius 1 is 1.37 bits per heavy atom. The van der Waals surface area contributed by atoms with Gasteiger partial charge in [0, 0.05) is 31.3 Å². The van der Waals surface area contributed by atoms with E-state index < -0.39 is 11.7 Å². The molecule has 6 nitrogen and oxygen atoms in total. The molecule has 1 aromatic carbocycles. The summed E-state index contributed by atoms with van der Waals surface area (Å²) >= 11 is 0. The van der Waals surface area contributed by atoms with E-state index in [9.17, 15) is 14.0 Å². The maximum atomic E-state index is 14.2. The molecular weight excluding hydrogens is 347 g/mol. The van der Waals surface area contributed by atoms with Gasteiger partial charge in [-0.3, -0.25) is 14.3 Å². The third-order valence-electron chi connectivity index (χ3n) is 5.58. The molecule has 2 unspecified atom stereocenters. The van der Waals surface area contributed by atoms with E-state index in [0.717, 1.165) is 36.1 Å². The van der Waals surface area contributed by atoms with Crippen molar-refractivity contribution in [1.29, 1.82) is 0 Å². The van der Waals surface area contributed by atoms with Gasteiger partial charge in [0.15, 0.2) is 0 Å². The van der Waals surface area contributed by atoms with Crippen LogP contribution in [0.15, 0.2) is 24.4 Å². The van der Waals surface area contributed by atoms with Crippen molar-refractivity contribution in [3.8, 4) is 0 Å². The number of carbonyl (C=O) groups is 2. The number of anilines is 1. The highest BCUT2D eigenvalue weighted by molar-refractivity contribution is 6.00. The molecule has 0 spiro atoms. The SMILES string of the molecule is Cc1ccc(N2CC(C(=O)NC3CCCc4c3cnn4C)CC2=O)c(F)c1. The average Bonchev–Trinajstić information content (AvgIpc) is 3.19. The summed E-state index contributed by atoms with van der Waals surface area (Å²) in [5.74, 6) is -1.28. The number of aromatic nitrogens is 2. The molecule has 2 atom stereocenters. The molecule has 0 saturated carbocycles. The molecule has 1 saturated heterocycles. The summed E-state index contributed by atoms with van der Waals surface area (Å²) < 4.78 is 16.1. The van der Waals surface area contributed by atoms with E-state index in [-0.39, 0.29) is 36.5 Å². The van der Waals surface area contributed by atoms with Crippen LogP contribution < -0.4 is 10.2 Å². The zero-order valence-electron chi connectivity index (χ0n) is 15.5. The van der Waals surface area contributed by atoms with Gasteiger partial charge in [-0.2, -0.15) is 5.10 Å². The van der Waals surface area contributed by atoms with Crippen LogP contribution in [0.25, 0.3) is 0 Å². The average molecular weight is 370 g/mol. The molecular formula is C20H23FN4O2. The second-order valence-corrected chi connectivity index (χ2v) is 7.48. The van der Waals surface area contributed by atoms with Gasteiger partial charge in [-0.1, -0.05) is 6.07 Å². The number of benzene rings is 1. The van der Waals surface area contributed by atoms with Crippen LogP contribution in [0.2, 0.25) is 0 Å². The third-order valence-corrected chi connectivity index (χ3v) is 5.58. The minimum absolute atomic E-state index is 0.0739. The van der Waals surface area contributed by atoms with E-state index in [1.54, 1.807) is 19.1 Å². The molecule has 2 aromatic rings. The van der Waals surface area contributed by atoms with Crippen LogP contribution >= 0.6 is 0 Å². The lowest BCUT2D eigenvalue weighted by Gasteiger charge is -2.25. The van der Waals surface area contributed by atoms with Crippen LogP contribution in [0.3, 0.4) is 0 Å². The number of rotatable bonds is 3. The van der Waals surface area contributed by atoms with E-state index in [2.05, 4.69) is 10.4 Å². The second-order valence-electron chi connectivity index (χ2n) is 7.48. The minimum Gasteiger partial charge on any atom is -0.349 e. The number of nitrogens with zero attached hydrogens (tertiary/aromatic N) is 3. The number of fused-ring (bicyclic) bond motifs is 1. The number of hydrogen-bond acceptors (Lipinski definition) is 3. The Hall–Kier alpha value is -2.70. The van der Waals surface area contributed by atoms with Crippen molar-refractivity contribution < 1.29 is 14.0 Å². The predicted octanol–water partition coefficient (Wildman–Crippen LogP) is 2.41. The molecule has 2 amide bonds. The molecule has 0 bridgehead atoms. The van der Waals surface area contributed by atoms with E-state index in [0.29, 0.717) is 0 Å². The minimum atomic E-state index is -0.472. The second kappa shape index (κ2) is 6.79. The molecule has 0 radical (unpaired) electrons. The van der Waals surface area contributed by atoms with Crippen molar-refractivity contribution in [2.24, 2.45) is 13.0 Å². The Labute approximate surface area is 157 Å². The standard InChI is InChI=1S/C20H23FN4O2/c1-12-6-7-18(15(21)8-12)25-11-13(9-19(25)26)20(27)23-16-4-3-5-17-14(16)10-22-24(17)2/h6-8,10,13,16H,3-5,9,11H2,1-2H3,(H,23,27). The first-order valence-corrected chi connectivity index (χ1v) is 9.31. The predicted molar refractivity (Wildman–Crippen MR) is 98.6 cm³/mol. The quantitative estimate of drug-likeness (QED) is 0.902. The van der Waals surface area contributed by atoms with Gasteiger partial charge in [0.25, 0.3) is 0 Å². The largest absolute Gasteiger partial charge is 0.349 e. The first-order valence-electron chi connectivity index (χ1n) is 9.31. The lowest BCUT2D eigenvalue weighted by molar-refractivity contribution is -0.127. The number of halogens is 1. The fourth-order valence-corrected chi connectivity index (χ4v) is 4.09. The van der Waals surface area contributed by atoms with E-state index in [4.69, 9.17) is 0 Å². The molecule has 2 aliphatic rings. The normalized spacial score (nSPS) is 22.0. The summed E-state index contributed by atoms with van der Waals surface area (Å²) in [5, 5.41) is 7.38. The summed E-state index contributed by atoms with van der Waals surface area (Å²) in [6.45, 7) is 2.00. The van der Waals surface area contributed by atoms with Crippen LogP contribution in [0.4, 0.5) is 10.1 Å². The highest BCUT2D eigenvalue weighted by Crippen LogP contribution is 2.31. The number of hydrogen-bond donors (Lipinski definition) is 1. The van der Waals surface area contributed by atoms with Gasteiger partial charge in [-0.05, 0) is 43.9 Å². The molecule has 1 aliphatic carbocycles. The maximum absolute atomic E-state index is 14.2. The van der Waals surface area contributed by atoms with Gasteiger partial charge in [0.2, 0.25) is 11.8 Å². The molecule has 1 fully saturated rings. The number of nitrogens with one attached hydrogen (secondary N) is 1. The van der Waals surface area contributed by atoms with Gasteiger partial charge < -0.3 is 10.2 Å². The highest BCUT2D eigenvalue weighted by atomic mass is 19.1. The molecule has 27 heavy (non-hydrogen) atoms. The van der Waals surface area contributed by atoms with E-state index in [1.807, 2.05) is 17.9 Å². The molecule has 4 rings (SSSR count). The Bertz CT molecular complexity index is 907. The van der Waals surface area contributed by atoms with E-state index >= 15 is 0 Å². The molecule has 1 aliphatic heterocycles. The van der Waals surface area contributed by atoms with Crippen molar-refractivity contribution in [3.63, 3.8) is 0 Å². The number of amides is 2. The van der Waals surface area contributed by atoms with Crippen LogP contribution in [-0.4, -0.2) is 28.1 Å². The van der Waals surface area contributed by atoms with Crippen LogP contribution in [-0.2, 0) is 23.1 Å². The van der Waals surface area contributed by atoms with Crippen molar-refractivity contribution in [1.82, 2.24) is 15.1 Å². The highest BCUT2D eigenvalue weighted by Gasteiger charge is 2.37. The zero-order valence-corrected chi connectivity index (χ0v) is 15.5. The lowest BCUT2D eigenvalue weighted by Crippen LogP contribution is -2.36. The van der Waals surface area contributed by atoms with Crippen LogP contribution in [0, 0.1) is 18.7 Å². The topological polar surface area (TPSA) is 67.2 Å². The third kappa shape index (κ3) is 3.22. The Kier molecular flexibility index (Phi) is 4.45. The van der Waals surface area contributed by atoms with Gasteiger partial charge in [0.05, 0.1) is 23.8 Å².